The Morgan fingerprint density at radius 3 is 2.00 bits per heavy atom. The van der Waals surface area contributed by atoms with Crippen LogP contribution in [0.1, 0.15) is 26.5 Å². The van der Waals surface area contributed by atoms with Gasteiger partial charge in [-0.1, -0.05) is 26.0 Å². The van der Waals surface area contributed by atoms with Crippen LogP contribution in [0.3, 0.4) is 0 Å². The van der Waals surface area contributed by atoms with Gasteiger partial charge < -0.3 is 0 Å². The fraction of sp³-hybridized carbons (Fsp3) is 0.778. The molecule has 0 aromatic carbocycles. The summed E-state index contributed by atoms with van der Waals surface area (Å²) in [6.45, 7) is 6.46. The maximum atomic E-state index is 4.19. The molecule has 4 heteroatoms. The molecule has 0 unspecified atom stereocenters. The van der Waals surface area contributed by atoms with E-state index >= 15 is 0 Å². The summed E-state index contributed by atoms with van der Waals surface area (Å²) in [4.78, 5) is 0. The molecule has 3 nitrogen and oxygen atoms in total. The highest BCUT2D eigenvalue weighted by atomic mass is 32.3. The summed E-state index contributed by atoms with van der Waals surface area (Å²) < 4.78 is 1.99. The van der Waals surface area contributed by atoms with Gasteiger partial charge in [0.1, 0.15) is 0 Å². The molecule has 0 amide bonds. The summed E-state index contributed by atoms with van der Waals surface area (Å²) >= 11 is 0. The molecule has 0 aliphatic rings. The van der Waals surface area contributed by atoms with Crippen molar-refractivity contribution in [3.8, 4) is 0 Å². The molecule has 0 saturated heterocycles. The summed E-state index contributed by atoms with van der Waals surface area (Å²) in [6.07, 6.45) is 8.67. The lowest BCUT2D eigenvalue weighted by Gasteiger charge is -2.24. The summed E-state index contributed by atoms with van der Waals surface area (Å²) in [5.74, 6) is 0. The predicted octanol–water partition coefficient (Wildman–Crippen LogP) is 2.03. The van der Waals surface area contributed by atoms with Crippen LogP contribution in [0.4, 0.5) is 0 Å². The van der Waals surface area contributed by atoms with E-state index in [1.165, 1.54) is 0 Å². The highest BCUT2D eigenvalue weighted by Crippen LogP contribution is 2.36. The molecule has 1 heterocycles. The van der Waals surface area contributed by atoms with Crippen LogP contribution in [0.25, 0.3) is 0 Å². The Balaban J connectivity index is 3.01. The minimum atomic E-state index is -0.799. The van der Waals surface area contributed by atoms with Crippen LogP contribution in [-0.2, 0) is 5.41 Å². The average molecular weight is 201 g/mol. The molecular weight excluding hydrogens is 182 g/mol. The van der Waals surface area contributed by atoms with Crippen molar-refractivity contribution in [1.29, 1.82) is 0 Å². The van der Waals surface area contributed by atoms with E-state index in [1.54, 1.807) is 0 Å². The van der Waals surface area contributed by atoms with E-state index < -0.39 is 10.2 Å². The third-order valence-corrected chi connectivity index (χ3v) is 3.10. The average Bonchev–Trinajstić information content (AvgIpc) is 2.28. The van der Waals surface area contributed by atoms with Crippen molar-refractivity contribution in [2.75, 3.05) is 18.8 Å². The first-order valence-corrected chi connectivity index (χ1v) is 7.14. The SMILES string of the molecule is CC(C)(C)c1cn(S(C)(C)C)nn1. The third-order valence-electron chi connectivity index (χ3n) is 1.80. The highest BCUT2D eigenvalue weighted by molar-refractivity contribution is 8.30. The Bertz CT molecular complexity index is 262. The lowest BCUT2D eigenvalue weighted by atomic mass is 9.93. The fourth-order valence-corrected chi connectivity index (χ4v) is 1.53. The van der Waals surface area contributed by atoms with Gasteiger partial charge in [0.25, 0.3) is 0 Å². The fourth-order valence-electron chi connectivity index (χ4n) is 0.860. The molecule has 13 heavy (non-hydrogen) atoms. The molecule has 1 rings (SSSR count). The topological polar surface area (TPSA) is 30.7 Å². The van der Waals surface area contributed by atoms with E-state index in [2.05, 4.69) is 56.0 Å². The molecule has 0 aliphatic heterocycles. The molecule has 0 bridgehead atoms. The summed E-state index contributed by atoms with van der Waals surface area (Å²) in [7, 11) is -0.799. The second-order valence-electron chi connectivity index (χ2n) is 5.03. The minimum absolute atomic E-state index is 0.100. The number of nitrogens with zero attached hydrogens (tertiary/aromatic N) is 3. The van der Waals surface area contributed by atoms with E-state index in [9.17, 15) is 0 Å². The first-order chi connectivity index (χ1) is 5.71. The second kappa shape index (κ2) is 3.01. The number of rotatable bonds is 1. The van der Waals surface area contributed by atoms with Crippen LogP contribution in [-0.4, -0.2) is 33.2 Å². The van der Waals surface area contributed by atoms with Crippen molar-refractivity contribution in [2.24, 2.45) is 0 Å². The van der Waals surface area contributed by atoms with Crippen LogP contribution in [0, 0.1) is 0 Å². The Morgan fingerprint density at radius 1 is 1.23 bits per heavy atom. The predicted molar refractivity (Wildman–Crippen MR) is 59.5 cm³/mol. The Hall–Kier alpha value is -0.510. The van der Waals surface area contributed by atoms with E-state index in [-0.39, 0.29) is 5.41 Å². The zero-order chi connectivity index (χ0) is 10.3. The maximum absolute atomic E-state index is 4.19. The van der Waals surface area contributed by atoms with Crippen LogP contribution in [0.15, 0.2) is 6.20 Å². The largest absolute Gasteiger partial charge is 0.214 e. The normalized spacial score (nSPS) is 14.6. The zero-order valence-corrected chi connectivity index (χ0v) is 10.1. The lowest BCUT2D eigenvalue weighted by Crippen LogP contribution is -2.11. The van der Waals surface area contributed by atoms with Gasteiger partial charge in [-0.05, 0) is 18.8 Å². The van der Waals surface area contributed by atoms with Crippen molar-refractivity contribution in [3.05, 3.63) is 11.9 Å². The van der Waals surface area contributed by atoms with Crippen LogP contribution in [0.2, 0.25) is 0 Å². The standard InChI is InChI=1S/C9H19N3S/c1-9(2,3)8-7-12(11-10-8)13(4,5)6/h7H,1-6H3. The van der Waals surface area contributed by atoms with Crippen molar-refractivity contribution in [1.82, 2.24) is 14.4 Å². The van der Waals surface area contributed by atoms with Gasteiger partial charge >= 0.3 is 0 Å². The van der Waals surface area contributed by atoms with Gasteiger partial charge in [0.2, 0.25) is 0 Å². The molecular formula is C9H19N3S. The number of hydrogen-bond donors (Lipinski definition) is 0. The molecule has 1 aromatic rings. The molecule has 0 spiro atoms. The first kappa shape index (κ1) is 10.6. The molecule has 0 radical (unpaired) electrons. The maximum Gasteiger partial charge on any atom is 0.0891 e. The van der Waals surface area contributed by atoms with Crippen LogP contribution in [0.5, 0.6) is 0 Å². The van der Waals surface area contributed by atoms with Gasteiger partial charge in [0, 0.05) is 5.41 Å². The monoisotopic (exact) mass is 201 g/mol. The van der Waals surface area contributed by atoms with Gasteiger partial charge in [-0.25, -0.2) is 4.09 Å². The number of aromatic nitrogens is 3. The highest BCUT2D eigenvalue weighted by Gasteiger charge is 2.19. The molecule has 0 saturated carbocycles. The van der Waals surface area contributed by atoms with E-state index in [1.807, 2.05) is 4.09 Å². The van der Waals surface area contributed by atoms with Crippen LogP contribution < -0.4 is 0 Å². The summed E-state index contributed by atoms with van der Waals surface area (Å²) in [6, 6.07) is 0. The van der Waals surface area contributed by atoms with Gasteiger partial charge in [-0.15, -0.1) is 5.10 Å². The molecule has 76 valence electrons. The smallest absolute Gasteiger partial charge is 0.0891 e. The second-order valence-corrected chi connectivity index (χ2v) is 8.95. The van der Waals surface area contributed by atoms with Gasteiger partial charge in [-0.2, -0.15) is 10.2 Å². The quantitative estimate of drug-likeness (QED) is 0.696. The van der Waals surface area contributed by atoms with Gasteiger partial charge in [0.15, 0.2) is 0 Å². The van der Waals surface area contributed by atoms with Crippen molar-refractivity contribution in [3.63, 3.8) is 0 Å². The zero-order valence-electron chi connectivity index (χ0n) is 9.33. The first-order valence-electron chi connectivity index (χ1n) is 4.33. The van der Waals surface area contributed by atoms with Crippen molar-refractivity contribution in [2.45, 2.75) is 26.2 Å². The molecule has 0 atom stereocenters. The summed E-state index contributed by atoms with van der Waals surface area (Å²) in [5, 5.41) is 8.35. The minimum Gasteiger partial charge on any atom is -0.214 e. The van der Waals surface area contributed by atoms with Crippen molar-refractivity contribution >= 4 is 10.2 Å². The molecule has 1 aromatic heterocycles. The lowest BCUT2D eigenvalue weighted by molar-refractivity contribution is 0.566. The molecule has 0 fully saturated rings. The van der Waals surface area contributed by atoms with E-state index in [0.29, 0.717) is 0 Å². The number of hydrogen-bond acceptors (Lipinski definition) is 2. The van der Waals surface area contributed by atoms with Crippen molar-refractivity contribution < 1.29 is 0 Å². The molecule has 0 aliphatic carbocycles. The third kappa shape index (κ3) is 2.46. The van der Waals surface area contributed by atoms with Gasteiger partial charge in [-0.3, -0.25) is 0 Å². The Morgan fingerprint density at radius 2 is 1.77 bits per heavy atom. The molecule has 0 N–H and O–H groups in total. The van der Waals surface area contributed by atoms with Crippen LogP contribution >= 0.6 is 10.2 Å². The van der Waals surface area contributed by atoms with E-state index in [0.717, 1.165) is 5.69 Å². The van der Waals surface area contributed by atoms with E-state index in [4.69, 9.17) is 0 Å². The summed E-state index contributed by atoms with van der Waals surface area (Å²) in [5.41, 5.74) is 1.16. The van der Waals surface area contributed by atoms with Gasteiger partial charge in [0.05, 0.1) is 11.9 Å². The Kier molecular flexibility index (Phi) is 2.45. The Labute approximate surface area is 82.0 Å².